The number of rotatable bonds is 8. The number of ether oxygens (including phenoxy) is 1. The van der Waals surface area contributed by atoms with E-state index in [4.69, 9.17) is 4.74 Å². The Morgan fingerprint density at radius 2 is 1.65 bits per heavy atom. The summed E-state index contributed by atoms with van der Waals surface area (Å²) >= 11 is 3.39. The Labute approximate surface area is 210 Å². The maximum absolute atomic E-state index is 12.8. The van der Waals surface area contributed by atoms with E-state index < -0.39 is 10.0 Å². The number of piperidine rings is 1. The van der Waals surface area contributed by atoms with Crippen LogP contribution in [0, 0.1) is 5.92 Å². The summed E-state index contributed by atoms with van der Waals surface area (Å²) in [5, 5.41) is 3.03. The van der Waals surface area contributed by atoms with E-state index in [1.54, 1.807) is 0 Å². The summed E-state index contributed by atoms with van der Waals surface area (Å²) in [4.78, 5) is 15.1. The van der Waals surface area contributed by atoms with Crippen LogP contribution in [-0.2, 0) is 38.4 Å². The monoisotopic (exact) mass is 549 g/mol. The van der Waals surface area contributed by atoms with Gasteiger partial charge in [0.2, 0.25) is 15.9 Å². The number of morpholine rings is 1. The van der Waals surface area contributed by atoms with Gasteiger partial charge in [0.25, 0.3) is 0 Å². The molecule has 0 aliphatic carbocycles. The molecular formula is C25H32BrN3O4S. The van der Waals surface area contributed by atoms with Gasteiger partial charge < -0.3 is 10.1 Å². The molecule has 0 bridgehead atoms. The summed E-state index contributed by atoms with van der Waals surface area (Å²) in [6, 6.07) is 15.7. The minimum absolute atomic E-state index is 0.00133. The summed E-state index contributed by atoms with van der Waals surface area (Å²) in [7, 11) is -3.40. The minimum atomic E-state index is -3.40. The Hall–Kier alpha value is -1.78. The lowest BCUT2D eigenvalue weighted by atomic mass is 9.97. The fraction of sp³-hybridized carbons (Fsp3) is 0.480. The van der Waals surface area contributed by atoms with Gasteiger partial charge in [0.1, 0.15) is 0 Å². The second-order valence-corrected chi connectivity index (χ2v) is 11.9. The van der Waals surface area contributed by atoms with Crippen molar-refractivity contribution in [1.82, 2.24) is 14.5 Å². The molecule has 2 fully saturated rings. The second-order valence-electron chi connectivity index (χ2n) is 8.98. The van der Waals surface area contributed by atoms with Crippen molar-refractivity contribution in [3.05, 3.63) is 69.7 Å². The average Bonchev–Trinajstić information content (AvgIpc) is 2.84. The Bertz CT molecular complexity index is 1060. The number of carbonyl (C=O) groups is 1. The van der Waals surface area contributed by atoms with Crippen molar-refractivity contribution in [2.24, 2.45) is 5.92 Å². The Kier molecular flexibility index (Phi) is 8.76. The third-order valence-corrected chi connectivity index (χ3v) is 8.80. The van der Waals surface area contributed by atoms with E-state index in [2.05, 4.69) is 50.4 Å². The smallest absolute Gasteiger partial charge is 0.223 e. The van der Waals surface area contributed by atoms with Crippen molar-refractivity contribution in [3.63, 3.8) is 0 Å². The zero-order valence-corrected chi connectivity index (χ0v) is 21.7. The molecule has 184 valence electrons. The highest BCUT2D eigenvalue weighted by Gasteiger charge is 2.31. The third kappa shape index (κ3) is 7.11. The molecule has 0 atom stereocenters. The third-order valence-electron chi connectivity index (χ3n) is 6.46. The van der Waals surface area contributed by atoms with Crippen molar-refractivity contribution in [1.29, 1.82) is 0 Å². The molecule has 0 spiro atoms. The summed E-state index contributed by atoms with van der Waals surface area (Å²) in [6.07, 6.45) is 1.09. The van der Waals surface area contributed by atoms with Crippen LogP contribution in [0.3, 0.4) is 0 Å². The van der Waals surface area contributed by atoms with E-state index in [-0.39, 0.29) is 17.6 Å². The lowest BCUT2D eigenvalue weighted by Gasteiger charge is -2.30. The quantitative estimate of drug-likeness (QED) is 0.547. The molecule has 2 aromatic carbocycles. The predicted octanol–water partition coefficient (Wildman–Crippen LogP) is 3.14. The van der Waals surface area contributed by atoms with E-state index in [9.17, 15) is 13.2 Å². The van der Waals surface area contributed by atoms with Crippen molar-refractivity contribution in [3.8, 4) is 0 Å². The first-order chi connectivity index (χ1) is 16.4. The number of hydrogen-bond acceptors (Lipinski definition) is 5. The first-order valence-corrected chi connectivity index (χ1v) is 14.2. The first-order valence-electron chi connectivity index (χ1n) is 11.8. The highest BCUT2D eigenvalue weighted by molar-refractivity contribution is 9.10. The van der Waals surface area contributed by atoms with Gasteiger partial charge in [-0.15, -0.1) is 0 Å². The van der Waals surface area contributed by atoms with Gasteiger partial charge in [-0.25, -0.2) is 12.7 Å². The minimum Gasteiger partial charge on any atom is -0.379 e. The maximum Gasteiger partial charge on any atom is 0.223 e. The summed E-state index contributed by atoms with van der Waals surface area (Å²) in [6.45, 7) is 5.66. The van der Waals surface area contributed by atoms with Crippen LogP contribution in [0.15, 0.2) is 53.0 Å². The van der Waals surface area contributed by atoms with Crippen molar-refractivity contribution >= 4 is 31.9 Å². The van der Waals surface area contributed by atoms with Crippen LogP contribution >= 0.6 is 15.9 Å². The van der Waals surface area contributed by atoms with Crippen molar-refractivity contribution in [2.75, 3.05) is 39.4 Å². The molecule has 2 aliphatic heterocycles. The first kappa shape index (κ1) is 25.3. The molecule has 7 nitrogen and oxygen atoms in total. The van der Waals surface area contributed by atoms with Gasteiger partial charge in [-0.1, -0.05) is 52.3 Å². The van der Waals surface area contributed by atoms with Gasteiger partial charge >= 0.3 is 0 Å². The second kappa shape index (κ2) is 11.8. The van der Waals surface area contributed by atoms with Crippen LogP contribution < -0.4 is 5.32 Å². The molecule has 0 aromatic heterocycles. The number of carbonyl (C=O) groups excluding carboxylic acids is 1. The molecule has 0 unspecified atom stereocenters. The average molecular weight is 551 g/mol. The molecule has 34 heavy (non-hydrogen) atoms. The number of halogens is 1. The zero-order chi connectivity index (χ0) is 24.0. The SMILES string of the molecule is O=C(NCc1ccc(CN2CCOCC2)cc1)C1CCN(S(=O)(=O)Cc2cccc(Br)c2)CC1. The van der Waals surface area contributed by atoms with E-state index in [0.29, 0.717) is 32.5 Å². The van der Waals surface area contributed by atoms with Gasteiger partial charge in [0, 0.05) is 49.7 Å². The van der Waals surface area contributed by atoms with Gasteiger partial charge in [-0.2, -0.15) is 0 Å². The number of nitrogens with one attached hydrogen (secondary N) is 1. The largest absolute Gasteiger partial charge is 0.379 e. The molecule has 2 heterocycles. The maximum atomic E-state index is 12.8. The highest BCUT2D eigenvalue weighted by atomic mass is 79.9. The van der Waals surface area contributed by atoms with E-state index in [1.807, 2.05) is 24.3 Å². The lowest BCUT2D eigenvalue weighted by molar-refractivity contribution is -0.126. The number of nitrogens with zero attached hydrogens (tertiary/aromatic N) is 2. The van der Waals surface area contributed by atoms with Crippen LogP contribution in [0.2, 0.25) is 0 Å². The molecule has 0 saturated carbocycles. The van der Waals surface area contributed by atoms with Gasteiger partial charge in [0.05, 0.1) is 19.0 Å². The summed E-state index contributed by atoms with van der Waals surface area (Å²) in [5.41, 5.74) is 3.08. The predicted molar refractivity (Wildman–Crippen MR) is 135 cm³/mol. The summed E-state index contributed by atoms with van der Waals surface area (Å²) < 4.78 is 33.4. The Morgan fingerprint density at radius 3 is 2.32 bits per heavy atom. The molecule has 2 aromatic rings. The van der Waals surface area contributed by atoms with E-state index in [0.717, 1.165) is 48.4 Å². The van der Waals surface area contributed by atoms with Crippen LogP contribution in [0.5, 0.6) is 0 Å². The Balaban J connectivity index is 1.21. The van der Waals surface area contributed by atoms with Crippen LogP contribution in [0.4, 0.5) is 0 Å². The Morgan fingerprint density at radius 1 is 0.971 bits per heavy atom. The van der Waals surface area contributed by atoms with Gasteiger partial charge in [-0.3, -0.25) is 9.69 Å². The molecule has 2 aliphatic rings. The fourth-order valence-corrected chi connectivity index (χ4v) is 6.44. The number of amides is 1. The molecular weight excluding hydrogens is 518 g/mol. The molecule has 0 radical (unpaired) electrons. The van der Waals surface area contributed by atoms with E-state index >= 15 is 0 Å². The van der Waals surface area contributed by atoms with Gasteiger partial charge in [0.15, 0.2) is 0 Å². The standard InChI is InChI=1S/C25H32BrN3O4S/c26-24-3-1-2-22(16-24)19-34(31,32)29-10-8-23(9-11-29)25(30)27-17-20-4-6-21(7-5-20)18-28-12-14-33-15-13-28/h1-7,16,23H,8-15,17-19H2,(H,27,30). The van der Waals surface area contributed by atoms with Gasteiger partial charge in [-0.05, 0) is 41.7 Å². The topological polar surface area (TPSA) is 79.0 Å². The highest BCUT2D eigenvalue weighted by Crippen LogP contribution is 2.23. The van der Waals surface area contributed by atoms with Crippen LogP contribution in [-0.4, -0.2) is 62.9 Å². The fourth-order valence-electron chi connectivity index (χ4n) is 4.44. The number of hydrogen-bond donors (Lipinski definition) is 1. The molecule has 4 rings (SSSR count). The van der Waals surface area contributed by atoms with Crippen LogP contribution in [0.25, 0.3) is 0 Å². The zero-order valence-electron chi connectivity index (χ0n) is 19.3. The summed E-state index contributed by atoms with van der Waals surface area (Å²) in [5.74, 6) is -0.176. The number of sulfonamides is 1. The van der Waals surface area contributed by atoms with Crippen molar-refractivity contribution < 1.29 is 17.9 Å². The molecule has 9 heteroatoms. The lowest BCUT2D eigenvalue weighted by Crippen LogP contribution is -2.43. The molecule has 2 saturated heterocycles. The van der Waals surface area contributed by atoms with Crippen LogP contribution in [0.1, 0.15) is 29.5 Å². The number of benzene rings is 2. The normalized spacial score (nSPS) is 18.6. The van der Waals surface area contributed by atoms with E-state index in [1.165, 1.54) is 9.87 Å². The molecule has 1 amide bonds. The van der Waals surface area contributed by atoms with Crippen molar-refractivity contribution in [2.45, 2.75) is 31.7 Å². The molecule has 1 N–H and O–H groups in total.